The molecule has 0 saturated carbocycles. The van der Waals surface area contributed by atoms with Crippen LogP contribution in [0.25, 0.3) is 0 Å². The minimum absolute atomic E-state index is 0.137. The third-order valence-electron chi connectivity index (χ3n) is 3.01. The van der Waals surface area contributed by atoms with Crippen molar-refractivity contribution >= 4 is 19.7 Å². The third-order valence-corrected chi connectivity index (χ3v) is 4.56. The van der Waals surface area contributed by atoms with Gasteiger partial charge in [-0.3, -0.25) is 4.68 Å². The number of rotatable bonds is 3. The monoisotopic (exact) mass is 278 g/mol. The first-order chi connectivity index (χ1) is 7.89. The molecule has 0 N–H and O–H groups in total. The smallest absolute Gasteiger partial charge is 0.264 e. The van der Waals surface area contributed by atoms with Crippen LogP contribution in [0.1, 0.15) is 17.8 Å². The number of hydrogen-bond donors (Lipinski definition) is 0. The van der Waals surface area contributed by atoms with Crippen LogP contribution < -0.4 is 0 Å². The van der Waals surface area contributed by atoms with Gasteiger partial charge in [-0.15, -0.1) is 0 Å². The van der Waals surface area contributed by atoms with Crippen molar-refractivity contribution in [2.45, 2.75) is 31.7 Å². The number of hydrogen-bond acceptors (Lipinski definition) is 4. The number of halogens is 1. The molecule has 2 heterocycles. The lowest BCUT2D eigenvalue weighted by atomic mass is 10.1. The van der Waals surface area contributed by atoms with Gasteiger partial charge in [0, 0.05) is 29.8 Å². The molecule has 1 atom stereocenters. The first kappa shape index (κ1) is 12.9. The van der Waals surface area contributed by atoms with E-state index >= 15 is 0 Å². The van der Waals surface area contributed by atoms with E-state index in [4.69, 9.17) is 15.4 Å². The van der Waals surface area contributed by atoms with Crippen LogP contribution in [0.4, 0.5) is 0 Å². The van der Waals surface area contributed by atoms with Crippen LogP contribution in [0, 0.1) is 19.8 Å². The van der Waals surface area contributed by atoms with Crippen LogP contribution in [0.15, 0.2) is 4.90 Å². The van der Waals surface area contributed by atoms with Gasteiger partial charge in [-0.05, 0) is 20.3 Å². The van der Waals surface area contributed by atoms with Crippen LogP contribution in [-0.4, -0.2) is 31.4 Å². The quantitative estimate of drug-likeness (QED) is 0.786. The van der Waals surface area contributed by atoms with Crippen LogP contribution in [-0.2, 0) is 20.3 Å². The minimum Gasteiger partial charge on any atom is -0.381 e. The van der Waals surface area contributed by atoms with E-state index in [0.717, 1.165) is 13.0 Å². The highest BCUT2D eigenvalue weighted by Crippen LogP contribution is 2.24. The Bertz CT molecular complexity index is 518. The fraction of sp³-hybridized carbons (Fsp3) is 0.700. The third kappa shape index (κ3) is 2.64. The van der Waals surface area contributed by atoms with Gasteiger partial charge in [-0.2, -0.15) is 5.10 Å². The van der Waals surface area contributed by atoms with Gasteiger partial charge in [0.15, 0.2) is 0 Å². The Morgan fingerprint density at radius 2 is 2.24 bits per heavy atom. The maximum atomic E-state index is 11.4. The topological polar surface area (TPSA) is 61.2 Å². The summed E-state index contributed by atoms with van der Waals surface area (Å²) >= 11 is 0. The van der Waals surface area contributed by atoms with Crippen molar-refractivity contribution in [2.24, 2.45) is 5.92 Å². The maximum absolute atomic E-state index is 11.4. The molecule has 0 bridgehead atoms. The van der Waals surface area contributed by atoms with Crippen molar-refractivity contribution < 1.29 is 13.2 Å². The molecule has 96 valence electrons. The SMILES string of the molecule is Cc1nn(CC2CCOC2)c(C)c1S(=O)(=O)Cl. The van der Waals surface area contributed by atoms with Gasteiger partial charge in [-0.1, -0.05) is 0 Å². The molecule has 5 nitrogen and oxygen atoms in total. The van der Waals surface area contributed by atoms with E-state index in [0.29, 0.717) is 30.5 Å². The van der Waals surface area contributed by atoms with Gasteiger partial charge in [0.2, 0.25) is 0 Å². The van der Waals surface area contributed by atoms with Gasteiger partial charge in [0.1, 0.15) is 4.90 Å². The van der Waals surface area contributed by atoms with Crippen LogP contribution >= 0.6 is 10.7 Å². The van der Waals surface area contributed by atoms with Crippen molar-refractivity contribution in [1.29, 1.82) is 0 Å². The van der Waals surface area contributed by atoms with E-state index in [2.05, 4.69) is 5.10 Å². The van der Waals surface area contributed by atoms with E-state index in [-0.39, 0.29) is 4.90 Å². The Hall–Kier alpha value is -0.590. The van der Waals surface area contributed by atoms with E-state index in [1.165, 1.54) is 0 Å². The lowest BCUT2D eigenvalue weighted by molar-refractivity contribution is 0.181. The van der Waals surface area contributed by atoms with Crippen molar-refractivity contribution in [3.8, 4) is 0 Å². The maximum Gasteiger partial charge on any atom is 0.264 e. The molecule has 0 amide bonds. The predicted molar refractivity (Wildman–Crippen MR) is 63.7 cm³/mol. The lowest BCUT2D eigenvalue weighted by Crippen LogP contribution is -2.13. The van der Waals surface area contributed by atoms with Crippen LogP contribution in [0.5, 0.6) is 0 Å². The molecule has 1 aliphatic heterocycles. The largest absolute Gasteiger partial charge is 0.381 e. The van der Waals surface area contributed by atoms with E-state index in [1.807, 2.05) is 0 Å². The Morgan fingerprint density at radius 3 is 2.71 bits per heavy atom. The molecular formula is C10H15ClN2O3S. The average molecular weight is 279 g/mol. The normalized spacial score (nSPS) is 21.0. The van der Waals surface area contributed by atoms with Gasteiger partial charge in [-0.25, -0.2) is 8.42 Å². The molecule has 1 fully saturated rings. The second-order valence-electron chi connectivity index (χ2n) is 4.35. The van der Waals surface area contributed by atoms with Crippen molar-refractivity contribution in [3.63, 3.8) is 0 Å². The Kier molecular flexibility index (Phi) is 3.47. The summed E-state index contributed by atoms with van der Waals surface area (Å²) in [5.41, 5.74) is 1.06. The first-order valence-corrected chi connectivity index (χ1v) is 7.77. The summed E-state index contributed by atoms with van der Waals surface area (Å²) in [5.74, 6) is 0.402. The Labute approximate surface area is 105 Å². The number of ether oxygens (including phenoxy) is 1. The van der Waals surface area contributed by atoms with Crippen molar-refractivity contribution in [1.82, 2.24) is 9.78 Å². The summed E-state index contributed by atoms with van der Waals surface area (Å²) in [4.78, 5) is 0.137. The van der Waals surface area contributed by atoms with Crippen LogP contribution in [0.2, 0.25) is 0 Å². The zero-order valence-corrected chi connectivity index (χ0v) is 11.4. The highest BCUT2D eigenvalue weighted by Gasteiger charge is 2.24. The Balaban J connectivity index is 2.30. The summed E-state index contributed by atoms with van der Waals surface area (Å²) in [5, 5.41) is 4.24. The number of aromatic nitrogens is 2. The summed E-state index contributed by atoms with van der Waals surface area (Å²) < 4.78 is 29.8. The van der Waals surface area contributed by atoms with Crippen molar-refractivity contribution in [2.75, 3.05) is 13.2 Å². The van der Waals surface area contributed by atoms with Crippen LogP contribution in [0.3, 0.4) is 0 Å². The van der Waals surface area contributed by atoms with Gasteiger partial charge < -0.3 is 4.74 Å². The van der Waals surface area contributed by atoms with Gasteiger partial charge >= 0.3 is 0 Å². The number of aryl methyl sites for hydroxylation is 1. The highest BCUT2D eigenvalue weighted by atomic mass is 35.7. The fourth-order valence-electron chi connectivity index (χ4n) is 2.18. The molecule has 0 aromatic carbocycles. The van der Waals surface area contributed by atoms with Gasteiger partial charge in [0.05, 0.1) is 18.0 Å². The molecule has 0 radical (unpaired) electrons. The van der Waals surface area contributed by atoms with Crippen molar-refractivity contribution in [3.05, 3.63) is 11.4 Å². The molecule has 17 heavy (non-hydrogen) atoms. The lowest BCUT2D eigenvalue weighted by Gasteiger charge is -2.09. The molecule has 0 aliphatic carbocycles. The summed E-state index contributed by atoms with van der Waals surface area (Å²) in [6.07, 6.45) is 0.987. The van der Waals surface area contributed by atoms with E-state index in [1.54, 1.807) is 18.5 Å². The molecule has 1 aromatic rings. The van der Waals surface area contributed by atoms with Gasteiger partial charge in [0.25, 0.3) is 9.05 Å². The zero-order valence-electron chi connectivity index (χ0n) is 9.81. The second-order valence-corrected chi connectivity index (χ2v) is 6.85. The molecule has 1 unspecified atom stereocenters. The minimum atomic E-state index is -3.72. The molecule has 0 spiro atoms. The molecular weight excluding hydrogens is 264 g/mol. The molecule has 1 aliphatic rings. The Morgan fingerprint density at radius 1 is 1.53 bits per heavy atom. The fourth-order valence-corrected chi connectivity index (χ4v) is 3.70. The summed E-state index contributed by atoms with van der Waals surface area (Å²) in [7, 11) is 1.67. The predicted octanol–water partition coefficient (Wildman–Crippen LogP) is 1.46. The van der Waals surface area contributed by atoms with E-state index < -0.39 is 9.05 Å². The highest BCUT2D eigenvalue weighted by molar-refractivity contribution is 8.13. The standard InChI is InChI=1S/C10H15ClN2O3S/c1-7-10(17(11,14)15)8(2)13(12-7)5-9-3-4-16-6-9/h9H,3-6H2,1-2H3. The first-order valence-electron chi connectivity index (χ1n) is 5.46. The second kappa shape index (κ2) is 4.59. The average Bonchev–Trinajstić information content (AvgIpc) is 2.75. The molecule has 7 heteroatoms. The molecule has 1 saturated heterocycles. The molecule has 1 aromatic heterocycles. The number of nitrogens with zero attached hydrogens (tertiary/aromatic N) is 2. The summed E-state index contributed by atoms with van der Waals surface area (Å²) in [6, 6.07) is 0. The zero-order chi connectivity index (χ0) is 12.6. The van der Waals surface area contributed by atoms with E-state index in [9.17, 15) is 8.42 Å². The molecule has 2 rings (SSSR count). The summed E-state index contributed by atoms with van der Waals surface area (Å²) in [6.45, 7) is 5.54.